The predicted molar refractivity (Wildman–Crippen MR) is 70.2 cm³/mol. The van der Waals surface area contributed by atoms with Crippen molar-refractivity contribution in [1.82, 2.24) is 10.2 Å². The van der Waals surface area contributed by atoms with E-state index in [1.807, 2.05) is 0 Å². The van der Waals surface area contributed by atoms with E-state index in [0.29, 0.717) is 25.0 Å². The molecule has 3 N–H and O–H groups in total. The molecule has 1 unspecified atom stereocenters. The Morgan fingerprint density at radius 1 is 1.39 bits per heavy atom. The SMILES string of the molecule is CN(C1CCOCC1)C(CN)CC(=O)NC1CC1. The van der Waals surface area contributed by atoms with E-state index in [1.54, 1.807) is 0 Å². The summed E-state index contributed by atoms with van der Waals surface area (Å²) in [6.45, 7) is 2.17. The van der Waals surface area contributed by atoms with Crippen molar-refractivity contribution in [1.29, 1.82) is 0 Å². The number of nitrogens with two attached hydrogens (primary N) is 1. The lowest BCUT2D eigenvalue weighted by molar-refractivity contribution is -0.122. The van der Waals surface area contributed by atoms with E-state index < -0.39 is 0 Å². The maximum absolute atomic E-state index is 11.8. The number of ether oxygens (including phenoxy) is 1. The van der Waals surface area contributed by atoms with Gasteiger partial charge in [0.25, 0.3) is 0 Å². The summed E-state index contributed by atoms with van der Waals surface area (Å²) < 4.78 is 5.37. The van der Waals surface area contributed by atoms with Crippen molar-refractivity contribution >= 4 is 5.91 Å². The Morgan fingerprint density at radius 2 is 2.06 bits per heavy atom. The summed E-state index contributed by atoms with van der Waals surface area (Å²) in [5.74, 6) is 0.145. The van der Waals surface area contributed by atoms with Crippen LogP contribution >= 0.6 is 0 Å². The fourth-order valence-electron chi connectivity index (χ4n) is 2.51. The molecule has 1 saturated heterocycles. The smallest absolute Gasteiger partial charge is 0.221 e. The van der Waals surface area contributed by atoms with Gasteiger partial charge in [-0.05, 0) is 32.7 Å². The lowest BCUT2D eigenvalue weighted by atomic mass is 10.0. The molecule has 2 fully saturated rings. The van der Waals surface area contributed by atoms with Gasteiger partial charge < -0.3 is 15.8 Å². The van der Waals surface area contributed by atoms with Crippen LogP contribution in [0.2, 0.25) is 0 Å². The minimum absolute atomic E-state index is 0.145. The molecule has 0 spiro atoms. The molecule has 1 aliphatic carbocycles. The number of hydrogen-bond acceptors (Lipinski definition) is 4. The van der Waals surface area contributed by atoms with Crippen LogP contribution in [0.4, 0.5) is 0 Å². The van der Waals surface area contributed by atoms with E-state index >= 15 is 0 Å². The minimum atomic E-state index is 0.145. The number of carbonyl (C=O) groups is 1. The zero-order valence-corrected chi connectivity index (χ0v) is 11.2. The first-order valence-electron chi connectivity index (χ1n) is 7.00. The fraction of sp³-hybridized carbons (Fsp3) is 0.923. The summed E-state index contributed by atoms with van der Waals surface area (Å²) in [5.41, 5.74) is 5.82. The third-order valence-electron chi connectivity index (χ3n) is 3.98. The molecular weight excluding hydrogens is 230 g/mol. The number of amides is 1. The highest BCUT2D eigenvalue weighted by molar-refractivity contribution is 5.77. The molecule has 18 heavy (non-hydrogen) atoms. The molecule has 104 valence electrons. The van der Waals surface area contributed by atoms with Gasteiger partial charge in [-0.15, -0.1) is 0 Å². The van der Waals surface area contributed by atoms with Crippen LogP contribution in [0, 0.1) is 0 Å². The number of nitrogens with one attached hydrogen (secondary N) is 1. The van der Waals surface area contributed by atoms with Gasteiger partial charge in [-0.3, -0.25) is 9.69 Å². The maximum Gasteiger partial charge on any atom is 0.221 e. The monoisotopic (exact) mass is 255 g/mol. The normalized spacial score (nSPS) is 23.1. The Bertz CT molecular complexity index is 275. The summed E-state index contributed by atoms with van der Waals surface area (Å²) in [6, 6.07) is 1.08. The van der Waals surface area contributed by atoms with Gasteiger partial charge in [0, 0.05) is 44.3 Å². The molecule has 0 bridgehead atoms. The van der Waals surface area contributed by atoms with Crippen LogP contribution in [0.15, 0.2) is 0 Å². The molecule has 0 radical (unpaired) electrons. The highest BCUT2D eigenvalue weighted by Crippen LogP contribution is 2.20. The van der Waals surface area contributed by atoms with E-state index in [-0.39, 0.29) is 11.9 Å². The first-order valence-corrected chi connectivity index (χ1v) is 7.00. The van der Waals surface area contributed by atoms with E-state index in [0.717, 1.165) is 38.9 Å². The van der Waals surface area contributed by atoms with Gasteiger partial charge in [0.2, 0.25) is 5.91 Å². The molecule has 1 atom stereocenters. The lowest BCUT2D eigenvalue weighted by Crippen LogP contribution is -2.48. The Balaban J connectivity index is 1.79. The first-order chi connectivity index (χ1) is 8.70. The summed E-state index contributed by atoms with van der Waals surface area (Å²) in [5, 5.41) is 3.03. The number of rotatable bonds is 6. The molecule has 5 nitrogen and oxygen atoms in total. The molecule has 1 aliphatic heterocycles. The predicted octanol–water partition coefficient (Wildman–Crippen LogP) is 0.0932. The third kappa shape index (κ3) is 3.93. The number of hydrogen-bond donors (Lipinski definition) is 2. The number of nitrogens with zero attached hydrogens (tertiary/aromatic N) is 1. The lowest BCUT2D eigenvalue weighted by Gasteiger charge is -2.36. The van der Waals surface area contributed by atoms with Gasteiger partial charge in [0.05, 0.1) is 0 Å². The van der Waals surface area contributed by atoms with Crippen molar-refractivity contribution in [2.45, 2.75) is 50.2 Å². The highest BCUT2D eigenvalue weighted by atomic mass is 16.5. The van der Waals surface area contributed by atoms with Gasteiger partial charge in [-0.1, -0.05) is 0 Å². The van der Waals surface area contributed by atoms with Crippen molar-refractivity contribution in [2.75, 3.05) is 26.8 Å². The van der Waals surface area contributed by atoms with E-state index in [2.05, 4.69) is 17.3 Å². The van der Waals surface area contributed by atoms with Crippen LogP contribution in [0.3, 0.4) is 0 Å². The van der Waals surface area contributed by atoms with Crippen molar-refractivity contribution < 1.29 is 9.53 Å². The molecule has 0 aromatic carbocycles. The quantitative estimate of drug-likeness (QED) is 0.706. The average molecular weight is 255 g/mol. The van der Waals surface area contributed by atoms with Crippen molar-refractivity contribution in [3.05, 3.63) is 0 Å². The second kappa shape index (κ2) is 6.50. The van der Waals surface area contributed by atoms with E-state index in [4.69, 9.17) is 10.5 Å². The Labute approximate surface area is 109 Å². The highest BCUT2D eigenvalue weighted by Gasteiger charge is 2.28. The zero-order chi connectivity index (χ0) is 13.0. The standard InChI is InChI=1S/C13H25N3O2/c1-16(11-4-6-18-7-5-11)12(9-14)8-13(17)15-10-2-3-10/h10-12H,2-9,14H2,1H3,(H,15,17). The molecule has 0 aromatic heterocycles. The maximum atomic E-state index is 11.8. The third-order valence-corrected chi connectivity index (χ3v) is 3.98. The molecule has 5 heteroatoms. The second-order valence-corrected chi connectivity index (χ2v) is 5.44. The largest absolute Gasteiger partial charge is 0.381 e. The van der Waals surface area contributed by atoms with Crippen LogP contribution in [-0.2, 0) is 9.53 Å². The first kappa shape index (κ1) is 13.8. The molecule has 0 aromatic rings. The van der Waals surface area contributed by atoms with Crippen LogP contribution < -0.4 is 11.1 Å². The summed E-state index contributed by atoms with van der Waals surface area (Å²) in [7, 11) is 2.08. The Hall–Kier alpha value is -0.650. The minimum Gasteiger partial charge on any atom is -0.381 e. The van der Waals surface area contributed by atoms with Crippen LogP contribution in [0.25, 0.3) is 0 Å². The van der Waals surface area contributed by atoms with Crippen LogP contribution in [0.5, 0.6) is 0 Å². The molecule has 1 saturated carbocycles. The number of likely N-dealkylation sites (N-methyl/N-ethyl adjacent to an activating group) is 1. The van der Waals surface area contributed by atoms with Gasteiger partial charge in [-0.2, -0.15) is 0 Å². The summed E-state index contributed by atoms with van der Waals surface area (Å²) >= 11 is 0. The molecule has 2 aliphatic rings. The summed E-state index contributed by atoms with van der Waals surface area (Å²) in [6.07, 6.45) is 4.86. The summed E-state index contributed by atoms with van der Waals surface area (Å²) in [4.78, 5) is 14.1. The Morgan fingerprint density at radius 3 is 2.61 bits per heavy atom. The van der Waals surface area contributed by atoms with Crippen LogP contribution in [-0.4, -0.2) is 55.7 Å². The number of carbonyl (C=O) groups excluding carboxylic acids is 1. The average Bonchev–Trinajstić information content (AvgIpc) is 3.20. The van der Waals surface area contributed by atoms with Crippen LogP contribution in [0.1, 0.15) is 32.1 Å². The molecule has 2 rings (SSSR count). The van der Waals surface area contributed by atoms with Gasteiger partial charge in [-0.25, -0.2) is 0 Å². The van der Waals surface area contributed by atoms with Gasteiger partial charge >= 0.3 is 0 Å². The molecular formula is C13H25N3O2. The van der Waals surface area contributed by atoms with Crippen molar-refractivity contribution in [3.8, 4) is 0 Å². The van der Waals surface area contributed by atoms with Gasteiger partial charge in [0.1, 0.15) is 0 Å². The molecule has 1 amide bonds. The van der Waals surface area contributed by atoms with Crippen molar-refractivity contribution in [2.24, 2.45) is 5.73 Å². The van der Waals surface area contributed by atoms with E-state index in [1.165, 1.54) is 0 Å². The van der Waals surface area contributed by atoms with Crippen molar-refractivity contribution in [3.63, 3.8) is 0 Å². The van der Waals surface area contributed by atoms with E-state index in [9.17, 15) is 4.79 Å². The second-order valence-electron chi connectivity index (χ2n) is 5.44. The fourth-order valence-corrected chi connectivity index (χ4v) is 2.51. The topological polar surface area (TPSA) is 67.6 Å². The zero-order valence-electron chi connectivity index (χ0n) is 11.2. The molecule has 1 heterocycles. The Kier molecular flexibility index (Phi) is 4.97. The van der Waals surface area contributed by atoms with Gasteiger partial charge in [0.15, 0.2) is 0 Å².